The van der Waals surface area contributed by atoms with Crippen molar-refractivity contribution in [1.82, 2.24) is 9.62 Å². The smallest absolute Gasteiger partial charge is 0.340 e. The number of nitrogens with zero attached hydrogens (tertiary/aromatic N) is 1. The van der Waals surface area contributed by atoms with Crippen LogP contribution in [0.15, 0.2) is 9.31 Å². The summed E-state index contributed by atoms with van der Waals surface area (Å²) in [6, 6.07) is 0.569. The first-order valence-electron chi connectivity index (χ1n) is 7.57. The molecule has 23 heavy (non-hydrogen) atoms. The highest BCUT2D eigenvalue weighted by atomic mass is 32.2. The van der Waals surface area contributed by atoms with Gasteiger partial charge in [-0.1, -0.05) is 0 Å². The van der Waals surface area contributed by atoms with Gasteiger partial charge in [0.2, 0.25) is 10.0 Å². The minimum Gasteiger partial charge on any atom is -0.478 e. The molecule has 1 heterocycles. The molecule has 0 aliphatic rings. The number of rotatable bonds is 8. The Balaban J connectivity index is 2.96. The highest BCUT2D eigenvalue weighted by molar-refractivity contribution is 7.89. The summed E-state index contributed by atoms with van der Waals surface area (Å²) in [4.78, 5) is 13.2. The highest BCUT2D eigenvalue weighted by Gasteiger charge is 2.30. The molecule has 0 aliphatic carbocycles. The molecule has 0 amide bonds. The van der Waals surface area contributed by atoms with Crippen LogP contribution in [-0.2, 0) is 10.0 Å². The van der Waals surface area contributed by atoms with E-state index in [1.165, 1.54) is 13.8 Å². The van der Waals surface area contributed by atoms with Crippen molar-refractivity contribution in [1.29, 1.82) is 0 Å². The fourth-order valence-corrected chi connectivity index (χ4v) is 4.15. The van der Waals surface area contributed by atoms with Crippen LogP contribution in [0.2, 0.25) is 0 Å². The van der Waals surface area contributed by atoms with Gasteiger partial charge < -0.3 is 9.52 Å². The monoisotopic (exact) mass is 346 g/mol. The molecule has 8 heteroatoms. The summed E-state index contributed by atoms with van der Waals surface area (Å²) in [6.07, 6.45) is 0. The lowest BCUT2D eigenvalue weighted by molar-refractivity contribution is 0.0691. The summed E-state index contributed by atoms with van der Waals surface area (Å²) in [5, 5.41) is 9.22. The first kappa shape index (κ1) is 19.7. The topological polar surface area (TPSA) is 99.9 Å². The Hall–Kier alpha value is -1.38. The van der Waals surface area contributed by atoms with E-state index in [-0.39, 0.29) is 40.6 Å². The van der Waals surface area contributed by atoms with Crippen molar-refractivity contribution in [3.63, 3.8) is 0 Å². The fourth-order valence-electron chi connectivity index (χ4n) is 2.73. The Morgan fingerprint density at radius 3 is 2.13 bits per heavy atom. The molecule has 1 rings (SSSR count). The maximum absolute atomic E-state index is 12.5. The van der Waals surface area contributed by atoms with Crippen molar-refractivity contribution in [3.8, 4) is 0 Å². The van der Waals surface area contributed by atoms with Crippen LogP contribution >= 0.6 is 0 Å². The zero-order valence-electron chi connectivity index (χ0n) is 14.5. The van der Waals surface area contributed by atoms with Crippen LogP contribution in [0.3, 0.4) is 0 Å². The molecule has 2 N–H and O–H groups in total. The first-order valence-corrected chi connectivity index (χ1v) is 9.06. The van der Waals surface area contributed by atoms with Crippen LogP contribution in [0.25, 0.3) is 0 Å². The van der Waals surface area contributed by atoms with E-state index in [9.17, 15) is 18.3 Å². The van der Waals surface area contributed by atoms with E-state index in [1.54, 1.807) is 0 Å². The van der Waals surface area contributed by atoms with Gasteiger partial charge in [0.15, 0.2) is 0 Å². The zero-order valence-corrected chi connectivity index (χ0v) is 15.3. The summed E-state index contributed by atoms with van der Waals surface area (Å²) in [5.74, 6) is -1.15. The van der Waals surface area contributed by atoms with Gasteiger partial charge in [-0.3, -0.25) is 4.90 Å². The molecule has 0 aromatic carbocycles. The van der Waals surface area contributed by atoms with Gasteiger partial charge in [-0.2, -0.15) is 0 Å². The normalized spacial score (nSPS) is 12.6. The van der Waals surface area contributed by atoms with Gasteiger partial charge in [0.1, 0.15) is 22.0 Å². The summed E-state index contributed by atoms with van der Waals surface area (Å²) < 4.78 is 32.6. The third-order valence-corrected chi connectivity index (χ3v) is 5.29. The van der Waals surface area contributed by atoms with E-state index < -0.39 is 16.0 Å². The molecule has 132 valence electrons. The Kier molecular flexibility index (Phi) is 6.38. The lowest BCUT2D eigenvalue weighted by Crippen LogP contribution is -2.42. The van der Waals surface area contributed by atoms with E-state index in [0.717, 1.165) is 0 Å². The van der Waals surface area contributed by atoms with E-state index in [0.29, 0.717) is 6.54 Å². The Morgan fingerprint density at radius 1 is 1.17 bits per heavy atom. The average molecular weight is 346 g/mol. The molecule has 0 unspecified atom stereocenters. The standard InChI is InChI=1S/C15H26N2O5S/c1-9(2)17(10(3)4)8-7-16-23(20,21)14-12(6)22-11(5)13(14)15(18)19/h9-10,16H,7-8H2,1-6H3,(H,18,19). The van der Waals surface area contributed by atoms with Crippen LogP contribution in [0, 0.1) is 13.8 Å². The SMILES string of the molecule is Cc1oc(C)c(S(=O)(=O)NCCN(C(C)C)C(C)C)c1C(=O)O. The average Bonchev–Trinajstić information content (AvgIpc) is 2.69. The third kappa shape index (κ3) is 4.55. The number of hydrogen-bond donors (Lipinski definition) is 2. The molecule has 0 fully saturated rings. The Morgan fingerprint density at radius 2 is 1.70 bits per heavy atom. The molecule has 0 atom stereocenters. The molecule has 7 nitrogen and oxygen atoms in total. The number of sulfonamides is 1. The van der Waals surface area contributed by atoms with Crippen molar-refractivity contribution >= 4 is 16.0 Å². The van der Waals surface area contributed by atoms with Crippen LogP contribution in [-0.4, -0.2) is 49.6 Å². The number of carboxylic acids is 1. The predicted molar refractivity (Wildman–Crippen MR) is 87.3 cm³/mol. The number of furan rings is 1. The minimum absolute atomic E-state index is 0.0805. The van der Waals surface area contributed by atoms with Crippen molar-refractivity contribution in [2.24, 2.45) is 0 Å². The Labute approximate surface area is 137 Å². The minimum atomic E-state index is -3.94. The van der Waals surface area contributed by atoms with Gasteiger partial charge in [-0.15, -0.1) is 0 Å². The lowest BCUT2D eigenvalue weighted by Gasteiger charge is -2.30. The summed E-state index contributed by atoms with van der Waals surface area (Å²) in [5.41, 5.74) is -0.306. The highest BCUT2D eigenvalue weighted by Crippen LogP contribution is 2.26. The first-order chi connectivity index (χ1) is 10.5. The van der Waals surface area contributed by atoms with Crippen LogP contribution < -0.4 is 4.72 Å². The van der Waals surface area contributed by atoms with E-state index in [1.807, 2.05) is 27.7 Å². The summed E-state index contributed by atoms with van der Waals surface area (Å²) in [7, 11) is -3.94. The quantitative estimate of drug-likeness (QED) is 0.747. The molecule has 1 aromatic rings. The van der Waals surface area contributed by atoms with Crippen LogP contribution in [0.1, 0.15) is 49.6 Å². The number of carboxylic acid groups (broad SMARTS) is 1. The van der Waals surface area contributed by atoms with Gasteiger partial charge in [0.05, 0.1) is 0 Å². The molecule has 0 saturated carbocycles. The number of aromatic carboxylic acids is 1. The molecule has 1 aromatic heterocycles. The van der Waals surface area contributed by atoms with Gasteiger partial charge in [-0.05, 0) is 41.5 Å². The van der Waals surface area contributed by atoms with Crippen LogP contribution in [0.5, 0.6) is 0 Å². The second-order valence-electron chi connectivity index (χ2n) is 6.05. The summed E-state index contributed by atoms with van der Waals surface area (Å²) >= 11 is 0. The predicted octanol–water partition coefficient (Wildman–Crippen LogP) is 1.99. The molecular formula is C15H26N2O5S. The van der Waals surface area contributed by atoms with Gasteiger partial charge in [0, 0.05) is 25.2 Å². The number of aryl methyl sites for hydroxylation is 2. The molecule has 0 spiro atoms. The molecule has 0 radical (unpaired) electrons. The van der Waals surface area contributed by atoms with Crippen molar-refractivity contribution < 1.29 is 22.7 Å². The zero-order chi connectivity index (χ0) is 17.9. The van der Waals surface area contributed by atoms with Crippen LogP contribution in [0.4, 0.5) is 0 Å². The van der Waals surface area contributed by atoms with E-state index in [4.69, 9.17) is 4.42 Å². The number of nitrogens with one attached hydrogen (secondary N) is 1. The molecular weight excluding hydrogens is 320 g/mol. The van der Waals surface area contributed by atoms with Gasteiger partial charge >= 0.3 is 5.97 Å². The largest absolute Gasteiger partial charge is 0.478 e. The van der Waals surface area contributed by atoms with E-state index in [2.05, 4.69) is 9.62 Å². The molecule has 0 aliphatic heterocycles. The number of hydrogen-bond acceptors (Lipinski definition) is 5. The van der Waals surface area contributed by atoms with Gasteiger partial charge in [0.25, 0.3) is 0 Å². The second kappa shape index (κ2) is 7.46. The van der Waals surface area contributed by atoms with Crippen molar-refractivity contribution in [2.75, 3.05) is 13.1 Å². The summed E-state index contributed by atoms with van der Waals surface area (Å²) in [6.45, 7) is 11.8. The second-order valence-corrected chi connectivity index (χ2v) is 7.75. The fraction of sp³-hybridized carbons (Fsp3) is 0.667. The van der Waals surface area contributed by atoms with Crippen molar-refractivity contribution in [3.05, 3.63) is 17.1 Å². The Bertz CT molecular complexity index is 654. The molecule has 0 saturated heterocycles. The van der Waals surface area contributed by atoms with Gasteiger partial charge in [-0.25, -0.2) is 17.9 Å². The third-order valence-electron chi connectivity index (χ3n) is 3.68. The van der Waals surface area contributed by atoms with Crippen molar-refractivity contribution in [2.45, 2.75) is 58.5 Å². The lowest BCUT2D eigenvalue weighted by atomic mass is 10.2. The molecule has 0 bridgehead atoms. The van der Waals surface area contributed by atoms with E-state index >= 15 is 0 Å². The number of carbonyl (C=O) groups is 1. The maximum atomic E-state index is 12.5. The maximum Gasteiger partial charge on any atom is 0.340 e.